The number of ether oxygens (including phenoxy) is 1. The fraction of sp³-hybridized carbons (Fsp3) is 0.550. The summed E-state index contributed by atoms with van der Waals surface area (Å²) in [7, 11) is 1.56. The van der Waals surface area contributed by atoms with Crippen molar-refractivity contribution >= 4 is 29.1 Å². The van der Waals surface area contributed by atoms with E-state index in [4.69, 9.17) is 16.3 Å². The number of rotatable bonds is 8. The molecule has 0 aromatic heterocycles. The van der Waals surface area contributed by atoms with Gasteiger partial charge in [-0.2, -0.15) is 5.26 Å². The van der Waals surface area contributed by atoms with E-state index in [1.54, 1.807) is 25.3 Å². The molecule has 0 radical (unpaired) electrons. The molecule has 7 nitrogen and oxygen atoms in total. The highest BCUT2D eigenvalue weighted by molar-refractivity contribution is 6.34. The fourth-order valence-corrected chi connectivity index (χ4v) is 3.53. The first-order valence-electron chi connectivity index (χ1n) is 9.52. The minimum atomic E-state index is -0.767. The van der Waals surface area contributed by atoms with Gasteiger partial charge < -0.3 is 20.7 Å². The van der Waals surface area contributed by atoms with Gasteiger partial charge in [-0.15, -0.1) is 0 Å². The summed E-state index contributed by atoms with van der Waals surface area (Å²) in [4.78, 5) is 24.4. The largest absolute Gasteiger partial charge is 0.383 e. The number of carbonyl (C=O) groups is 2. The molecule has 0 saturated heterocycles. The summed E-state index contributed by atoms with van der Waals surface area (Å²) >= 11 is 6.20. The van der Waals surface area contributed by atoms with Gasteiger partial charge in [-0.3, -0.25) is 9.59 Å². The molecule has 1 aliphatic carbocycles. The fourth-order valence-electron chi connectivity index (χ4n) is 3.26. The van der Waals surface area contributed by atoms with E-state index in [0.717, 1.165) is 25.7 Å². The summed E-state index contributed by atoms with van der Waals surface area (Å²) in [6.45, 7) is 0.841. The number of nitrogens with one attached hydrogen (secondary N) is 3. The van der Waals surface area contributed by atoms with E-state index in [1.165, 1.54) is 0 Å². The van der Waals surface area contributed by atoms with Crippen molar-refractivity contribution in [3.63, 3.8) is 0 Å². The Morgan fingerprint density at radius 3 is 2.57 bits per heavy atom. The number of amides is 2. The number of carbonyl (C=O) groups excluding carboxylic acids is 2. The number of hydrogen-bond acceptors (Lipinski definition) is 5. The molecule has 2 rings (SSSR count). The number of benzene rings is 1. The van der Waals surface area contributed by atoms with Crippen molar-refractivity contribution in [2.45, 2.75) is 44.1 Å². The Labute approximate surface area is 170 Å². The van der Waals surface area contributed by atoms with Gasteiger partial charge in [-0.1, -0.05) is 37.3 Å². The van der Waals surface area contributed by atoms with Gasteiger partial charge in [0, 0.05) is 19.3 Å². The first-order chi connectivity index (χ1) is 13.5. The molecule has 0 aliphatic heterocycles. The summed E-state index contributed by atoms with van der Waals surface area (Å²) in [5.74, 6) is -0.517. The molecule has 0 atom stereocenters. The topological polar surface area (TPSA) is 103 Å². The second-order valence-electron chi connectivity index (χ2n) is 6.95. The van der Waals surface area contributed by atoms with E-state index >= 15 is 0 Å². The Kier molecular flexibility index (Phi) is 8.55. The number of nitriles is 1. The van der Waals surface area contributed by atoms with E-state index in [2.05, 4.69) is 22.0 Å². The Bertz CT molecular complexity index is 725. The standard InChI is InChI=1S/C20H27ClN4O3/c1-28-11-10-23-19(27)16-7-6-15(12-17(16)21)24-13-18(26)25-20(14-22)8-4-2-3-5-9-20/h6-7,12,24H,2-5,8-11,13H2,1H3,(H,23,27)(H,25,26). The third-order valence-electron chi connectivity index (χ3n) is 4.81. The predicted octanol–water partition coefficient (Wildman–Crippen LogP) is 2.86. The van der Waals surface area contributed by atoms with Crippen LogP contribution in [-0.4, -0.2) is 44.2 Å². The van der Waals surface area contributed by atoms with Crippen molar-refractivity contribution in [1.29, 1.82) is 5.26 Å². The molecule has 0 bridgehead atoms. The Balaban J connectivity index is 1.89. The van der Waals surface area contributed by atoms with E-state index in [9.17, 15) is 14.9 Å². The first kappa shape index (κ1) is 22.0. The van der Waals surface area contributed by atoms with Crippen LogP contribution in [0.15, 0.2) is 18.2 Å². The van der Waals surface area contributed by atoms with Gasteiger partial charge in [0.05, 0.1) is 29.8 Å². The molecule has 1 saturated carbocycles. The van der Waals surface area contributed by atoms with E-state index in [0.29, 0.717) is 37.2 Å². The summed E-state index contributed by atoms with van der Waals surface area (Å²) < 4.78 is 4.89. The number of anilines is 1. The van der Waals surface area contributed by atoms with Crippen molar-refractivity contribution in [3.05, 3.63) is 28.8 Å². The normalized spacial score (nSPS) is 15.8. The third kappa shape index (κ3) is 6.39. The average Bonchev–Trinajstić information content (AvgIpc) is 2.92. The Morgan fingerprint density at radius 2 is 1.96 bits per heavy atom. The zero-order chi connectivity index (χ0) is 20.4. The van der Waals surface area contributed by atoms with Crippen LogP contribution in [0.1, 0.15) is 48.9 Å². The minimum Gasteiger partial charge on any atom is -0.383 e. The maximum atomic E-state index is 12.3. The maximum Gasteiger partial charge on any atom is 0.252 e. The van der Waals surface area contributed by atoms with Crippen LogP contribution in [-0.2, 0) is 9.53 Å². The molecule has 28 heavy (non-hydrogen) atoms. The van der Waals surface area contributed by atoms with Gasteiger partial charge in [0.25, 0.3) is 5.91 Å². The van der Waals surface area contributed by atoms with Gasteiger partial charge in [0.15, 0.2) is 0 Å². The monoisotopic (exact) mass is 406 g/mol. The lowest BCUT2D eigenvalue weighted by atomic mass is 9.92. The van der Waals surface area contributed by atoms with Crippen molar-refractivity contribution in [3.8, 4) is 6.07 Å². The summed E-state index contributed by atoms with van der Waals surface area (Å²) in [6, 6.07) is 7.20. The third-order valence-corrected chi connectivity index (χ3v) is 5.12. The highest BCUT2D eigenvalue weighted by Gasteiger charge is 2.32. The van der Waals surface area contributed by atoms with Crippen LogP contribution in [0.4, 0.5) is 5.69 Å². The van der Waals surface area contributed by atoms with E-state index < -0.39 is 5.54 Å². The SMILES string of the molecule is COCCNC(=O)c1ccc(NCC(=O)NC2(C#N)CCCCCC2)cc1Cl. The molecular weight excluding hydrogens is 380 g/mol. The van der Waals surface area contributed by atoms with Crippen LogP contribution in [0, 0.1) is 11.3 Å². The number of nitrogens with zero attached hydrogens (tertiary/aromatic N) is 1. The Hall–Kier alpha value is -2.30. The Morgan fingerprint density at radius 1 is 1.25 bits per heavy atom. The van der Waals surface area contributed by atoms with Crippen LogP contribution in [0.25, 0.3) is 0 Å². The second-order valence-corrected chi connectivity index (χ2v) is 7.36. The van der Waals surface area contributed by atoms with E-state index in [1.807, 2.05) is 0 Å². The highest BCUT2D eigenvalue weighted by Crippen LogP contribution is 2.26. The van der Waals surface area contributed by atoms with Crippen molar-refractivity contribution < 1.29 is 14.3 Å². The van der Waals surface area contributed by atoms with Gasteiger partial charge >= 0.3 is 0 Å². The quantitative estimate of drug-likeness (QED) is 0.455. The van der Waals surface area contributed by atoms with Gasteiger partial charge in [0.1, 0.15) is 5.54 Å². The number of halogens is 1. The smallest absolute Gasteiger partial charge is 0.252 e. The molecule has 0 spiro atoms. The van der Waals surface area contributed by atoms with Crippen molar-refractivity contribution in [2.75, 3.05) is 32.1 Å². The van der Waals surface area contributed by atoms with Crippen molar-refractivity contribution in [1.82, 2.24) is 10.6 Å². The van der Waals surface area contributed by atoms with Gasteiger partial charge in [-0.25, -0.2) is 0 Å². The second kappa shape index (κ2) is 10.9. The molecule has 0 unspecified atom stereocenters. The van der Waals surface area contributed by atoms with Gasteiger partial charge in [0.2, 0.25) is 5.91 Å². The van der Waals surface area contributed by atoms with Crippen LogP contribution in [0.3, 0.4) is 0 Å². The molecule has 1 fully saturated rings. The van der Waals surface area contributed by atoms with Crippen LogP contribution < -0.4 is 16.0 Å². The lowest BCUT2D eigenvalue weighted by Crippen LogP contribution is -2.48. The molecule has 152 valence electrons. The zero-order valence-electron chi connectivity index (χ0n) is 16.1. The predicted molar refractivity (Wildman–Crippen MR) is 108 cm³/mol. The first-order valence-corrected chi connectivity index (χ1v) is 9.90. The molecule has 8 heteroatoms. The lowest BCUT2D eigenvalue weighted by Gasteiger charge is -2.26. The lowest BCUT2D eigenvalue weighted by molar-refractivity contribution is -0.120. The van der Waals surface area contributed by atoms with Crippen molar-refractivity contribution in [2.24, 2.45) is 0 Å². The number of methoxy groups -OCH3 is 1. The maximum absolute atomic E-state index is 12.3. The van der Waals surface area contributed by atoms with Gasteiger partial charge in [-0.05, 0) is 31.0 Å². The zero-order valence-corrected chi connectivity index (χ0v) is 16.9. The molecule has 1 aliphatic rings. The van der Waals surface area contributed by atoms with Crippen LogP contribution in [0.5, 0.6) is 0 Å². The molecular formula is C20H27ClN4O3. The average molecular weight is 407 g/mol. The molecule has 0 heterocycles. The minimum absolute atomic E-state index is 0.0269. The molecule has 2 amide bonds. The van der Waals surface area contributed by atoms with Crippen LogP contribution >= 0.6 is 11.6 Å². The summed E-state index contributed by atoms with van der Waals surface area (Å²) in [5, 5.41) is 18.4. The number of hydrogen-bond donors (Lipinski definition) is 3. The summed E-state index contributed by atoms with van der Waals surface area (Å²) in [6.07, 6.45) is 5.47. The molecule has 1 aromatic carbocycles. The highest BCUT2D eigenvalue weighted by atomic mass is 35.5. The molecule has 1 aromatic rings. The molecule has 3 N–H and O–H groups in total. The summed E-state index contributed by atoms with van der Waals surface area (Å²) in [5.41, 5.74) is 0.215. The van der Waals surface area contributed by atoms with Crippen LogP contribution in [0.2, 0.25) is 5.02 Å². The van der Waals surface area contributed by atoms with E-state index in [-0.39, 0.29) is 23.4 Å².